The third kappa shape index (κ3) is 2.99. The molecule has 1 aromatic carbocycles. The number of carbonyl (C=O) groups is 2. The van der Waals surface area contributed by atoms with Crippen molar-refractivity contribution in [2.45, 2.75) is 6.92 Å². The van der Waals surface area contributed by atoms with Crippen molar-refractivity contribution in [1.82, 2.24) is 14.2 Å². The number of hydrogen-bond donors (Lipinski definition) is 1. The van der Waals surface area contributed by atoms with Crippen molar-refractivity contribution in [3.63, 3.8) is 0 Å². The summed E-state index contributed by atoms with van der Waals surface area (Å²) >= 11 is 6.01. The summed E-state index contributed by atoms with van der Waals surface area (Å²) in [6.07, 6.45) is 2.33. The first-order valence-corrected chi connectivity index (χ1v) is 7.62. The van der Waals surface area contributed by atoms with Gasteiger partial charge in [0.2, 0.25) is 0 Å². The number of aromatic carboxylic acids is 1. The van der Waals surface area contributed by atoms with E-state index in [4.69, 9.17) is 21.4 Å². The Hall–Kier alpha value is -3.13. The molecule has 3 aromatic rings. The van der Waals surface area contributed by atoms with Gasteiger partial charge < -0.3 is 9.84 Å². The lowest BCUT2D eigenvalue weighted by Gasteiger charge is -2.08. The largest absolute Gasteiger partial charge is 0.476 e. The Morgan fingerprint density at radius 2 is 2.08 bits per heavy atom. The third-order valence-electron chi connectivity index (χ3n) is 3.46. The fourth-order valence-corrected chi connectivity index (χ4v) is 2.59. The summed E-state index contributed by atoms with van der Waals surface area (Å²) in [5, 5.41) is 13.9. The molecule has 0 radical (unpaired) electrons. The van der Waals surface area contributed by atoms with Gasteiger partial charge in [-0.3, -0.25) is 4.57 Å². The Morgan fingerprint density at radius 1 is 1.32 bits per heavy atom. The Kier molecular flexibility index (Phi) is 4.28. The molecule has 0 bridgehead atoms. The van der Waals surface area contributed by atoms with Gasteiger partial charge in [-0.1, -0.05) is 11.6 Å². The molecule has 3 rings (SSSR count). The molecule has 0 aliphatic heterocycles. The zero-order valence-electron chi connectivity index (χ0n) is 13.0. The normalized spacial score (nSPS) is 11.4. The first-order chi connectivity index (χ1) is 11.9. The van der Waals surface area contributed by atoms with Crippen molar-refractivity contribution in [3.05, 3.63) is 51.5 Å². The number of esters is 1. The molecule has 1 N–H and O–H groups in total. The number of carboxylic acid groups (broad SMARTS) is 1. The lowest BCUT2D eigenvalue weighted by molar-refractivity contribution is -0.137. The van der Waals surface area contributed by atoms with Crippen LogP contribution in [-0.4, -0.2) is 37.8 Å². The van der Waals surface area contributed by atoms with Gasteiger partial charge in [0.05, 0.1) is 17.6 Å². The average Bonchev–Trinajstić information content (AvgIpc) is 3.01. The van der Waals surface area contributed by atoms with E-state index in [1.807, 2.05) is 0 Å². The Balaban J connectivity index is 2.35. The summed E-state index contributed by atoms with van der Waals surface area (Å²) < 4.78 is 6.92. The number of halogens is 1. The average molecular weight is 362 g/mol. The second kappa shape index (κ2) is 6.40. The minimum absolute atomic E-state index is 0.199. The van der Waals surface area contributed by atoms with Crippen molar-refractivity contribution in [2.75, 3.05) is 6.61 Å². The first-order valence-electron chi connectivity index (χ1n) is 7.24. The Bertz CT molecular complexity index is 1100. The van der Waals surface area contributed by atoms with Gasteiger partial charge in [0, 0.05) is 22.7 Å². The third-order valence-corrected chi connectivity index (χ3v) is 3.69. The summed E-state index contributed by atoms with van der Waals surface area (Å²) in [6.45, 7) is 1.86. The second-order valence-corrected chi connectivity index (χ2v) is 5.45. The number of rotatable bonds is 4. The van der Waals surface area contributed by atoms with Crippen LogP contribution in [0.25, 0.3) is 22.6 Å². The quantitative estimate of drug-likeness (QED) is 0.563. The van der Waals surface area contributed by atoms with Crippen molar-refractivity contribution < 1.29 is 19.4 Å². The van der Waals surface area contributed by atoms with Crippen LogP contribution in [0.3, 0.4) is 0 Å². The summed E-state index contributed by atoms with van der Waals surface area (Å²) in [5.74, 6) is -1.87. The molecule has 0 aliphatic carbocycles. The van der Waals surface area contributed by atoms with Crippen LogP contribution in [0, 0.1) is 0 Å². The predicted molar refractivity (Wildman–Crippen MR) is 90.9 cm³/mol. The van der Waals surface area contributed by atoms with E-state index in [0.29, 0.717) is 21.4 Å². The molecule has 2 aromatic heterocycles. The van der Waals surface area contributed by atoms with E-state index in [1.54, 1.807) is 25.1 Å². The number of benzene rings is 1. The minimum Gasteiger partial charge on any atom is -0.476 e. The van der Waals surface area contributed by atoms with Crippen LogP contribution < -0.4 is 5.69 Å². The van der Waals surface area contributed by atoms with E-state index in [-0.39, 0.29) is 12.3 Å². The summed E-state index contributed by atoms with van der Waals surface area (Å²) in [4.78, 5) is 35.4. The molecule has 0 saturated heterocycles. The number of nitrogens with zero attached hydrogens (tertiary/aromatic N) is 3. The van der Waals surface area contributed by atoms with Crippen LogP contribution in [0.15, 0.2) is 35.1 Å². The minimum atomic E-state index is -1.25. The Morgan fingerprint density at radius 3 is 2.76 bits per heavy atom. The molecule has 25 heavy (non-hydrogen) atoms. The van der Waals surface area contributed by atoms with Crippen LogP contribution in [-0.2, 0) is 9.53 Å². The standard InChI is InChI=1S/C16H12ClN3O5/c1-2-25-14(21)5-6-19-12-7-9(17)3-4-10(12)13-8-11(15(22)23)18-20(13)16(19)24/h3-8H,2H2,1H3,(H,22,23). The van der Waals surface area contributed by atoms with Gasteiger partial charge in [0.25, 0.3) is 0 Å². The maximum absolute atomic E-state index is 12.7. The van der Waals surface area contributed by atoms with Gasteiger partial charge in [-0.2, -0.15) is 9.61 Å². The first kappa shape index (κ1) is 16.7. The van der Waals surface area contributed by atoms with Gasteiger partial charge in [0.15, 0.2) is 5.69 Å². The van der Waals surface area contributed by atoms with E-state index < -0.39 is 17.6 Å². The molecule has 8 nitrogen and oxygen atoms in total. The molecular formula is C16H12ClN3O5. The van der Waals surface area contributed by atoms with E-state index in [2.05, 4.69) is 5.10 Å². The maximum atomic E-state index is 12.7. The number of carbonyl (C=O) groups excluding carboxylic acids is 1. The highest BCUT2D eigenvalue weighted by atomic mass is 35.5. The van der Waals surface area contributed by atoms with Crippen LogP contribution in [0.1, 0.15) is 17.4 Å². The van der Waals surface area contributed by atoms with E-state index in [0.717, 1.165) is 15.2 Å². The molecule has 128 valence electrons. The molecule has 0 unspecified atom stereocenters. The predicted octanol–water partition coefficient (Wildman–Crippen LogP) is 2.03. The zero-order valence-corrected chi connectivity index (χ0v) is 13.7. The van der Waals surface area contributed by atoms with Crippen LogP contribution >= 0.6 is 11.6 Å². The number of ether oxygens (including phenoxy) is 1. The van der Waals surface area contributed by atoms with Gasteiger partial charge >= 0.3 is 17.6 Å². The summed E-state index contributed by atoms with van der Waals surface area (Å²) in [5.41, 5.74) is -0.171. The highest BCUT2D eigenvalue weighted by molar-refractivity contribution is 6.31. The summed E-state index contributed by atoms with van der Waals surface area (Å²) in [6, 6.07) is 6.11. The number of hydrogen-bond acceptors (Lipinski definition) is 5. The van der Waals surface area contributed by atoms with Gasteiger partial charge in [-0.15, -0.1) is 0 Å². The lowest BCUT2D eigenvalue weighted by atomic mass is 10.2. The molecule has 2 heterocycles. The van der Waals surface area contributed by atoms with E-state index >= 15 is 0 Å². The highest BCUT2D eigenvalue weighted by Gasteiger charge is 2.16. The topological polar surface area (TPSA) is 103 Å². The number of aromatic nitrogens is 3. The second-order valence-electron chi connectivity index (χ2n) is 5.01. The van der Waals surface area contributed by atoms with Gasteiger partial charge in [0.1, 0.15) is 0 Å². The fraction of sp³-hybridized carbons (Fsp3) is 0.125. The Labute approximate surface area is 145 Å². The maximum Gasteiger partial charge on any atom is 0.356 e. The molecule has 0 atom stereocenters. The molecule has 0 aliphatic rings. The van der Waals surface area contributed by atoms with Crippen molar-refractivity contribution in [2.24, 2.45) is 0 Å². The smallest absolute Gasteiger partial charge is 0.356 e. The monoisotopic (exact) mass is 361 g/mol. The molecule has 9 heteroatoms. The lowest BCUT2D eigenvalue weighted by Crippen LogP contribution is -2.25. The van der Waals surface area contributed by atoms with Crippen molar-refractivity contribution in [3.8, 4) is 0 Å². The zero-order chi connectivity index (χ0) is 18.1. The molecule has 0 fully saturated rings. The van der Waals surface area contributed by atoms with Crippen LogP contribution in [0.2, 0.25) is 5.02 Å². The molecule has 0 amide bonds. The van der Waals surface area contributed by atoms with E-state index in [9.17, 15) is 14.4 Å². The highest BCUT2D eigenvalue weighted by Crippen LogP contribution is 2.23. The fourth-order valence-electron chi connectivity index (χ4n) is 2.42. The molecule has 0 spiro atoms. The van der Waals surface area contributed by atoms with Crippen LogP contribution in [0.5, 0.6) is 0 Å². The van der Waals surface area contributed by atoms with E-state index in [1.165, 1.54) is 12.3 Å². The number of fused-ring (bicyclic) bond motifs is 3. The van der Waals surface area contributed by atoms with Crippen molar-refractivity contribution in [1.29, 1.82) is 0 Å². The number of carboxylic acids is 1. The van der Waals surface area contributed by atoms with Crippen LogP contribution in [0.4, 0.5) is 0 Å². The van der Waals surface area contributed by atoms with Gasteiger partial charge in [-0.25, -0.2) is 14.4 Å². The molecule has 0 saturated carbocycles. The molecular weight excluding hydrogens is 350 g/mol. The SMILES string of the molecule is CCOC(=O)C=Cn1c(=O)n2nc(C(=O)O)cc2c2ccc(Cl)cc21. The van der Waals surface area contributed by atoms with Gasteiger partial charge in [-0.05, 0) is 31.2 Å². The summed E-state index contributed by atoms with van der Waals surface area (Å²) in [7, 11) is 0. The van der Waals surface area contributed by atoms with Crippen molar-refractivity contribution >= 4 is 46.2 Å².